The second-order valence-electron chi connectivity index (χ2n) is 4.84. The van der Waals surface area contributed by atoms with Gasteiger partial charge in [0.2, 0.25) is 11.8 Å². The lowest BCUT2D eigenvalue weighted by Gasteiger charge is -2.05. The molecule has 2 aromatic rings. The fraction of sp³-hybridized carbons (Fsp3) is 0.429. The standard InChI is InChI=1S/C14H17BrClN3O/c1-9(2)17-7-3-4-13-18-19-14(20-13)10-5-6-11(15)12(16)8-10/h5-6,8-9,17H,3-4,7H2,1-2H3. The zero-order valence-electron chi connectivity index (χ0n) is 11.5. The molecule has 0 spiro atoms. The van der Waals surface area contributed by atoms with E-state index in [0.29, 0.717) is 22.8 Å². The predicted molar refractivity (Wildman–Crippen MR) is 83.9 cm³/mol. The third-order valence-corrected chi connectivity index (χ3v) is 3.99. The van der Waals surface area contributed by atoms with E-state index in [1.165, 1.54) is 0 Å². The van der Waals surface area contributed by atoms with Crippen molar-refractivity contribution in [3.8, 4) is 11.5 Å². The number of hydrogen-bond acceptors (Lipinski definition) is 4. The van der Waals surface area contributed by atoms with Gasteiger partial charge in [0.15, 0.2) is 0 Å². The van der Waals surface area contributed by atoms with Crippen molar-refractivity contribution in [2.24, 2.45) is 0 Å². The number of halogens is 2. The Kier molecular flexibility index (Phi) is 5.57. The van der Waals surface area contributed by atoms with Crippen molar-refractivity contribution in [3.05, 3.63) is 33.6 Å². The average molecular weight is 359 g/mol. The molecule has 20 heavy (non-hydrogen) atoms. The Balaban J connectivity index is 1.96. The van der Waals surface area contributed by atoms with E-state index in [2.05, 4.69) is 45.3 Å². The Morgan fingerprint density at radius 1 is 1.35 bits per heavy atom. The minimum atomic E-state index is 0.498. The SMILES string of the molecule is CC(C)NCCCc1nnc(-c2ccc(Br)c(Cl)c2)o1. The molecule has 0 aliphatic carbocycles. The van der Waals surface area contributed by atoms with Gasteiger partial charge in [0.1, 0.15) is 0 Å². The zero-order valence-corrected chi connectivity index (χ0v) is 13.8. The molecule has 0 saturated carbocycles. The van der Waals surface area contributed by atoms with Gasteiger partial charge in [-0.3, -0.25) is 0 Å². The number of rotatable bonds is 6. The Labute approximate surface area is 132 Å². The summed E-state index contributed by atoms with van der Waals surface area (Å²) >= 11 is 9.41. The number of benzene rings is 1. The Bertz CT molecular complexity index is 571. The molecule has 0 fully saturated rings. The normalized spacial score (nSPS) is 11.2. The largest absolute Gasteiger partial charge is 0.421 e. The van der Waals surface area contributed by atoms with Gasteiger partial charge in [-0.1, -0.05) is 25.4 Å². The van der Waals surface area contributed by atoms with Crippen LogP contribution in [0.15, 0.2) is 27.1 Å². The summed E-state index contributed by atoms with van der Waals surface area (Å²) in [5.41, 5.74) is 0.831. The molecule has 0 bridgehead atoms. The number of aryl methyl sites for hydroxylation is 1. The van der Waals surface area contributed by atoms with Crippen molar-refractivity contribution in [2.75, 3.05) is 6.54 Å². The van der Waals surface area contributed by atoms with E-state index >= 15 is 0 Å². The van der Waals surface area contributed by atoms with Crippen LogP contribution in [0.4, 0.5) is 0 Å². The smallest absolute Gasteiger partial charge is 0.247 e. The van der Waals surface area contributed by atoms with Crippen molar-refractivity contribution >= 4 is 27.5 Å². The average Bonchev–Trinajstić information content (AvgIpc) is 2.86. The summed E-state index contributed by atoms with van der Waals surface area (Å²) in [6.07, 6.45) is 1.75. The van der Waals surface area contributed by atoms with E-state index in [1.54, 1.807) is 0 Å². The van der Waals surface area contributed by atoms with Crippen molar-refractivity contribution < 1.29 is 4.42 Å². The molecule has 4 nitrogen and oxygen atoms in total. The lowest BCUT2D eigenvalue weighted by atomic mass is 10.2. The first-order valence-corrected chi connectivity index (χ1v) is 7.74. The van der Waals surface area contributed by atoms with E-state index in [4.69, 9.17) is 16.0 Å². The monoisotopic (exact) mass is 357 g/mol. The van der Waals surface area contributed by atoms with Gasteiger partial charge in [-0.05, 0) is 47.1 Å². The van der Waals surface area contributed by atoms with Crippen LogP contribution < -0.4 is 5.32 Å². The lowest BCUT2D eigenvalue weighted by Crippen LogP contribution is -2.23. The molecule has 0 saturated heterocycles. The molecule has 6 heteroatoms. The van der Waals surface area contributed by atoms with Gasteiger partial charge < -0.3 is 9.73 Å². The van der Waals surface area contributed by atoms with Gasteiger partial charge >= 0.3 is 0 Å². The predicted octanol–water partition coefficient (Wildman–Crippen LogP) is 4.08. The second kappa shape index (κ2) is 7.20. The van der Waals surface area contributed by atoms with Crippen LogP contribution in [0.1, 0.15) is 26.2 Å². The van der Waals surface area contributed by atoms with Gasteiger partial charge in [-0.2, -0.15) is 0 Å². The number of nitrogens with zero attached hydrogens (tertiary/aromatic N) is 2. The quantitative estimate of drug-likeness (QED) is 0.790. The molecule has 0 atom stereocenters. The summed E-state index contributed by atoms with van der Waals surface area (Å²) in [5, 5.41) is 12.1. The molecule has 1 heterocycles. The minimum absolute atomic E-state index is 0.498. The van der Waals surface area contributed by atoms with E-state index in [-0.39, 0.29) is 0 Å². The van der Waals surface area contributed by atoms with Crippen LogP contribution in [-0.4, -0.2) is 22.8 Å². The summed E-state index contributed by atoms with van der Waals surface area (Å²) in [5.74, 6) is 1.16. The highest BCUT2D eigenvalue weighted by atomic mass is 79.9. The van der Waals surface area contributed by atoms with Crippen molar-refractivity contribution in [2.45, 2.75) is 32.7 Å². The molecule has 0 radical (unpaired) electrons. The van der Waals surface area contributed by atoms with E-state index in [0.717, 1.165) is 29.4 Å². The van der Waals surface area contributed by atoms with Gasteiger partial charge in [-0.25, -0.2) is 0 Å². The Hall–Kier alpha value is -0.910. The molecule has 0 amide bonds. The van der Waals surface area contributed by atoms with Crippen molar-refractivity contribution in [1.82, 2.24) is 15.5 Å². The number of aromatic nitrogens is 2. The molecular weight excluding hydrogens is 342 g/mol. The lowest BCUT2D eigenvalue weighted by molar-refractivity contribution is 0.484. The summed E-state index contributed by atoms with van der Waals surface area (Å²) in [7, 11) is 0. The van der Waals surface area contributed by atoms with Crippen molar-refractivity contribution in [3.63, 3.8) is 0 Å². The highest BCUT2D eigenvalue weighted by molar-refractivity contribution is 9.10. The van der Waals surface area contributed by atoms with Gasteiger partial charge in [0, 0.05) is 22.5 Å². The van der Waals surface area contributed by atoms with Crippen LogP contribution in [0, 0.1) is 0 Å². The van der Waals surface area contributed by atoms with Crippen molar-refractivity contribution in [1.29, 1.82) is 0 Å². The summed E-state index contributed by atoms with van der Waals surface area (Å²) in [4.78, 5) is 0. The van der Waals surface area contributed by atoms with Crippen LogP contribution in [0.2, 0.25) is 5.02 Å². The van der Waals surface area contributed by atoms with Gasteiger partial charge in [0.25, 0.3) is 0 Å². The highest BCUT2D eigenvalue weighted by Gasteiger charge is 2.10. The molecule has 1 N–H and O–H groups in total. The van der Waals surface area contributed by atoms with E-state index in [9.17, 15) is 0 Å². The molecule has 0 aliphatic heterocycles. The maximum Gasteiger partial charge on any atom is 0.247 e. The van der Waals surface area contributed by atoms with Crippen LogP contribution in [0.25, 0.3) is 11.5 Å². The van der Waals surface area contributed by atoms with Crippen LogP contribution in [0.5, 0.6) is 0 Å². The third kappa shape index (κ3) is 4.30. The number of hydrogen-bond donors (Lipinski definition) is 1. The van der Waals surface area contributed by atoms with E-state index < -0.39 is 0 Å². The molecule has 1 aromatic heterocycles. The van der Waals surface area contributed by atoms with Crippen LogP contribution in [-0.2, 0) is 6.42 Å². The molecule has 108 valence electrons. The minimum Gasteiger partial charge on any atom is -0.421 e. The van der Waals surface area contributed by atoms with Crippen LogP contribution in [0.3, 0.4) is 0 Å². The first-order valence-electron chi connectivity index (χ1n) is 6.57. The highest BCUT2D eigenvalue weighted by Crippen LogP contribution is 2.28. The van der Waals surface area contributed by atoms with Gasteiger partial charge in [0.05, 0.1) is 5.02 Å². The molecule has 0 unspecified atom stereocenters. The Morgan fingerprint density at radius 2 is 2.15 bits per heavy atom. The topological polar surface area (TPSA) is 51.0 Å². The summed E-state index contributed by atoms with van der Waals surface area (Å²) < 4.78 is 6.50. The second-order valence-corrected chi connectivity index (χ2v) is 6.10. The summed E-state index contributed by atoms with van der Waals surface area (Å²) in [6.45, 7) is 5.20. The Morgan fingerprint density at radius 3 is 2.85 bits per heavy atom. The first-order chi connectivity index (χ1) is 9.56. The van der Waals surface area contributed by atoms with E-state index in [1.807, 2.05) is 18.2 Å². The summed E-state index contributed by atoms with van der Waals surface area (Å²) in [6, 6.07) is 6.07. The zero-order chi connectivity index (χ0) is 14.5. The fourth-order valence-corrected chi connectivity index (χ4v) is 2.16. The maximum absolute atomic E-state index is 6.06. The first kappa shape index (κ1) is 15.5. The number of nitrogens with one attached hydrogen (secondary N) is 1. The van der Waals surface area contributed by atoms with Gasteiger partial charge in [-0.15, -0.1) is 10.2 Å². The third-order valence-electron chi connectivity index (χ3n) is 2.75. The van der Waals surface area contributed by atoms with Crippen LogP contribution >= 0.6 is 27.5 Å². The molecule has 0 aliphatic rings. The fourth-order valence-electron chi connectivity index (χ4n) is 1.73. The molecule has 2 rings (SSSR count). The molecular formula is C14H17BrClN3O. The molecule has 1 aromatic carbocycles. The maximum atomic E-state index is 6.06.